The first-order valence-corrected chi connectivity index (χ1v) is 7.89. The van der Waals surface area contributed by atoms with Crippen molar-refractivity contribution in [3.63, 3.8) is 0 Å². The maximum atomic E-state index is 12.1. The molecule has 1 amide bonds. The fourth-order valence-electron chi connectivity index (χ4n) is 2.49. The monoisotopic (exact) mass is 337 g/mol. The topological polar surface area (TPSA) is 81.9 Å². The number of benzene rings is 2. The third kappa shape index (κ3) is 4.20. The van der Waals surface area contributed by atoms with Crippen molar-refractivity contribution in [2.75, 3.05) is 7.11 Å². The molecule has 25 heavy (non-hydrogen) atoms. The lowest BCUT2D eigenvalue weighted by Crippen LogP contribution is -2.26. The van der Waals surface area contributed by atoms with Gasteiger partial charge in [-0.2, -0.15) is 4.68 Å². The summed E-state index contributed by atoms with van der Waals surface area (Å²) in [5.41, 5.74) is 2.91. The van der Waals surface area contributed by atoms with Gasteiger partial charge in [0, 0.05) is 0 Å². The zero-order valence-electron chi connectivity index (χ0n) is 14.1. The minimum Gasteiger partial charge on any atom is -0.497 e. The Kier molecular flexibility index (Phi) is 5.03. The Labute approximate surface area is 145 Å². The van der Waals surface area contributed by atoms with Crippen LogP contribution in [0.4, 0.5) is 0 Å². The lowest BCUT2D eigenvalue weighted by atomic mass is 10.1. The Bertz CT molecular complexity index is 858. The Morgan fingerprint density at radius 3 is 2.72 bits per heavy atom. The number of nitrogens with one attached hydrogen (secondary N) is 1. The van der Waals surface area contributed by atoms with Gasteiger partial charge in [-0.05, 0) is 47.2 Å². The summed E-state index contributed by atoms with van der Waals surface area (Å²) in [6.45, 7) is 2.26. The van der Waals surface area contributed by atoms with Gasteiger partial charge in [-0.1, -0.05) is 29.8 Å². The van der Waals surface area contributed by atoms with Crippen molar-refractivity contribution in [2.24, 2.45) is 0 Å². The van der Waals surface area contributed by atoms with Crippen LogP contribution in [0.2, 0.25) is 0 Å². The highest BCUT2D eigenvalue weighted by Gasteiger charge is 2.10. The smallest absolute Gasteiger partial charge is 0.224 e. The van der Waals surface area contributed by atoms with E-state index in [1.165, 1.54) is 0 Å². The molecule has 0 bridgehead atoms. The van der Waals surface area contributed by atoms with Crippen LogP contribution < -0.4 is 10.1 Å². The second-order valence-electron chi connectivity index (χ2n) is 5.65. The summed E-state index contributed by atoms with van der Waals surface area (Å²) in [5.74, 6) is 1.24. The average Bonchev–Trinajstić information content (AvgIpc) is 3.08. The molecule has 0 spiro atoms. The van der Waals surface area contributed by atoms with E-state index in [4.69, 9.17) is 4.74 Å². The number of aromatic nitrogens is 4. The number of nitrogens with zero attached hydrogens (tertiary/aromatic N) is 4. The lowest BCUT2D eigenvalue weighted by Gasteiger charge is -2.07. The first kappa shape index (κ1) is 16.6. The van der Waals surface area contributed by atoms with Crippen LogP contribution in [0, 0.1) is 6.92 Å². The number of carbonyl (C=O) groups excluding carboxylic acids is 1. The van der Waals surface area contributed by atoms with Crippen molar-refractivity contribution >= 4 is 5.91 Å². The van der Waals surface area contributed by atoms with Crippen molar-refractivity contribution in [2.45, 2.75) is 19.9 Å². The number of hydrogen-bond donors (Lipinski definition) is 1. The summed E-state index contributed by atoms with van der Waals surface area (Å²) >= 11 is 0. The van der Waals surface area contributed by atoms with E-state index < -0.39 is 0 Å². The van der Waals surface area contributed by atoms with Crippen LogP contribution in [0.5, 0.6) is 5.75 Å². The molecule has 0 radical (unpaired) electrons. The summed E-state index contributed by atoms with van der Waals surface area (Å²) in [6, 6.07) is 15.3. The number of carbonyl (C=O) groups is 1. The average molecular weight is 337 g/mol. The second-order valence-corrected chi connectivity index (χ2v) is 5.65. The van der Waals surface area contributed by atoms with Gasteiger partial charge in [0.2, 0.25) is 5.91 Å². The van der Waals surface area contributed by atoms with Gasteiger partial charge in [0.15, 0.2) is 5.82 Å². The van der Waals surface area contributed by atoms with E-state index in [0.717, 1.165) is 22.6 Å². The number of rotatable bonds is 6. The highest BCUT2D eigenvalue weighted by atomic mass is 16.5. The van der Waals surface area contributed by atoms with E-state index in [1.54, 1.807) is 11.8 Å². The van der Waals surface area contributed by atoms with E-state index in [9.17, 15) is 4.79 Å². The Morgan fingerprint density at radius 1 is 1.20 bits per heavy atom. The molecule has 0 atom stereocenters. The molecule has 0 saturated heterocycles. The highest BCUT2D eigenvalue weighted by Crippen LogP contribution is 2.14. The van der Waals surface area contributed by atoms with E-state index in [2.05, 4.69) is 20.8 Å². The standard InChI is InChI=1S/C18H19N5O2/c1-13-4-3-5-14(10-13)11-18(24)19-12-17-20-21-22-23(17)15-6-8-16(25-2)9-7-15/h3-10H,11-12H2,1-2H3,(H,19,24). The molecule has 1 N–H and O–H groups in total. The van der Waals surface area contributed by atoms with Gasteiger partial charge in [-0.25, -0.2) is 0 Å². The minimum atomic E-state index is -0.0742. The van der Waals surface area contributed by atoms with Gasteiger partial charge in [0.1, 0.15) is 5.75 Å². The molecule has 3 aromatic rings. The van der Waals surface area contributed by atoms with E-state index in [-0.39, 0.29) is 12.5 Å². The molecule has 3 rings (SSSR count). The van der Waals surface area contributed by atoms with Crippen molar-refractivity contribution < 1.29 is 9.53 Å². The molecule has 7 heteroatoms. The highest BCUT2D eigenvalue weighted by molar-refractivity contribution is 5.78. The summed E-state index contributed by atoms with van der Waals surface area (Å²) in [5, 5.41) is 14.5. The van der Waals surface area contributed by atoms with Crippen LogP contribution >= 0.6 is 0 Å². The van der Waals surface area contributed by atoms with Crippen molar-refractivity contribution in [1.82, 2.24) is 25.5 Å². The van der Waals surface area contributed by atoms with Gasteiger partial charge in [0.05, 0.1) is 25.8 Å². The molecule has 2 aromatic carbocycles. The van der Waals surface area contributed by atoms with Gasteiger partial charge in [-0.3, -0.25) is 4.79 Å². The molecule has 1 aromatic heterocycles. The van der Waals surface area contributed by atoms with Crippen LogP contribution in [-0.4, -0.2) is 33.2 Å². The number of aryl methyl sites for hydroxylation is 1. The van der Waals surface area contributed by atoms with Crippen LogP contribution in [0.3, 0.4) is 0 Å². The van der Waals surface area contributed by atoms with Crippen molar-refractivity contribution in [1.29, 1.82) is 0 Å². The Morgan fingerprint density at radius 2 is 2.00 bits per heavy atom. The quantitative estimate of drug-likeness (QED) is 0.742. The third-order valence-electron chi connectivity index (χ3n) is 3.74. The van der Waals surface area contributed by atoms with Crippen molar-refractivity contribution in [3.8, 4) is 11.4 Å². The molecule has 7 nitrogen and oxygen atoms in total. The molecule has 0 aliphatic rings. The fraction of sp³-hybridized carbons (Fsp3) is 0.222. The summed E-state index contributed by atoms with van der Waals surface area (Å²) < 4.78 is 6.73. The van der Waals surface area contributed by atoms with Crippen LogP contribution in [0.25, 0.3) is 5.69 Å². The summed E-state index contributed by atoms with van der Waals surface area (Å²) in [7, 11) is 1.61. The normalized spacial score (nSPS) is 10.5. The SMILES string of the molecule is COc1ccc(-n2nnnc2CNC(=O)Cc2cccc(C)c2)cc1. The lowest BCUT2D eigenvalue weighted by molar-refractivity contribution is -0.120. The maximum Gasteiger partial charge on any atom is 0.224 e. The molecule has 128 valence electrons. The second kappa shape index (κ2) is 7.57. The van der Waals surface area contributed by atoms with E-state index in [1.807, 2.05) is 55.5 Å². The largest absolute Gasteiger partial charge is 0.497 e. The number of hydrogen-bond acceptors (Lipinski definition) is 5. The zero-order valence-corrected chi connectivity index (χ0v) is 14.1. The maximum absolute atomic E-state index is 12.1. The number of methoxy groups -OCH3 is 1. The number of amides is 1. The summed E-state index contributed by atoms with van der Waals surface area (Å²) in [6.07, 6.45) is 0.325. The predicted molar refractivity (Wildman–Crippen MR) is 92.4 cm³/mol. The summed E-state index contributed by atoms with van der Waals surface area (Å²) in [4.78, 5) is 12.1. The van der Waals surface area contributed by atoms with Crippen LogP contribution in [-0.2, 0) is 17.8 Å². The molecule has 0 unspecified atom stereocenters. The van der Waals surface area contributed by atoms with Gasteiger partial charge < -0.3 is 10.1 Å². The zero-order chi connectivity index (χ0) is 17.6. The minimum absolute atomic E-state index is 0.0742. The number of tetrazole rings is 1. The molecule has 1 heterocycles. The van der Waals surface area contributed by atoms with Crippen molar-refractivity contribution in [3.05, 3.63) is 65.5 Å². The predicted octanol–water partition coefficient (Wildman–Crippen LogP) is 1.84. The molecule has 0 fully saturated rings. The van der Waals surface area contributed by atoms with Gasteiger partial charge in [-0.15, -0.1) is 5.10 Å². The van der Waals surface area contributed by atoms with Crippen LogP contribution in [0.1, 0.15) is 17.0 Å². The molecule has 0 aliphatic carbocycles. The van der Waals surface area contributed by atoms with E-state index >= 15 is 0 Å². The Hall–Kier alpha value is -3.22. The van der Waals surface area contributed by atoms with Gasteiger partial charge in [0.25, 0.3) is 0 Å². The first-order chi connectivity index (χ1) is 12.2. The molecule has 0 saturated carbocycles. The first-order valence-electron chi connectivity index (χ1n) is 7.89. The molecular formula is C18H19N5O2. The van der Waals surface area contributed by atoms with E-state index in [0.29, 0.717) is 12.2 Å². The third-order valence-corrected chi connectivity index (χ3v) is 3.74. The molecule has 0 aliphatic heterocycles. The Balaban J connectivity index is 1.64. The van der Waals surface area contributed by atoms with Gasteiger partial charge >= 0.3 is 0 Å². The number of ether oxygens (including phenoxy) is 1. The fourth-order valence-corrected chi connectivity index (χ4v) is 2.49. The van der Waals surface area contributed by atoms with Crippen LogP contribution in [0.15, 0.2) is 48.5 Å². The molecular weight excluding hydrogens is 318 g/mol.